The van der Waals surface area contributed by atoms with Crippen molar-refractivity contribution in [2.75, 3.05) is 0 Å². The average Bonchev–Trinajstić information content (AvgIpc) is 2.74. The Labute approximate surface area is 98.0 Å². The summed E-state index contributed by atoms with van der Waals surface area (Å²) >= 11 is 0. The van der Waals surface area contributed by atoms with E-state index >= 15 is 0 Å². The first-order valence-corrected chi connectivity index (χ1v) is 5.39. The molecule has 2 N–H and O–H groups in total. The van der Waals surface area contributed by atoms with Gasteiger partial charge in [0.25, 0.3) is 0 Å². The van der Waals surface area contributed by atoms with Crippen molar-refractivity contribution in [3.05, 3.63) is 59.1 Å². The molecule has 0 saturated heterocycles. The van der Waals surface area contributed by atoms with Crippen molar-refractivity contribution in [3.8, 4) is 0 Å². The molecular weight excluding hydrogens is 224 g/mol. The van der Waals surface area contributed by atoms with Crippen LogP contribution >= 0.6 is 0 Å². The van der Waals surface area contributed by atoms with Crippen LogP contribution in [0.5, 0.6) is 0 Å². The van der Waals surface area contributed by atoms with E-state index in [1.165, 1.54) is 18.4 Å². The summed E-state index contributed by atoms with van der Waals surface area (Å²) < 4.78 is 31.4. The molecule has 1 atom stereocenters. The first-order valence-electron chi connectivity index (χ1n) is 5.39. The second-order valence-corrected chi connectivity index (χ2v) is 3.83. The van der Waals surface area contributed by atoms with Gasteiger partial charge in [0.05, 0.1) is 12.3 Å². The van der Waals surface area contributed by atoms with Crippen molar-refractivity contribution in [1.82, 2.24) is 0 Å². The maximum absolute atomic E-state index is 13.1. The quantitative estimate of drug-likeness (QED) is 0.890. The molecule has 2 nitrogen and oxygen atoms in total. The van der Waals surface area contributed by atoms with Crippen LogP contribution in [0, 0.1) is 11.6 Å². The van der Waals surface area contributed by atoms with E-state index in [-0.39, 0.29) is 0 Å². The monoisotopic (exact) mass is 237 g/mol. The molecule has 4 heteroatoms. The Kier molecular flexibility index (Phi) is 3.24. The lowest BCUT2D eigenvalue weighted by molar-refractivity contribution is 0.508. The van der Waals surface area contributed by atoms with E-state index in [0.717, 1.165) is 17.4 Å². The molecule has 0 aliphatic rings. The van der Waals surface area contributed by atoms with Crippen LogP contribution < -0.4 is 5.73 Å². The van der Waals surface area contributed by atoms with Gasteiger partial charge < -0.3 is 10.2 Å². The van der Waals surface area contributed by atoms with Gasteiger partial charge in [-0.1, -0.05) is 6.92 Å². The number of benzene rings is 1. The van der Waals surface area contributed by atoms with E-state index in [9.17, 15) is 8.78 Å². The zero-order chi connectivity index (χ0) is 12.4. The molecule has 0 aliphatic carbocycles. The number of halogens is 2. The largest absolute Gasteiger partial charge is 0.469 e. The molecule has 1 aromatic heterocycles. The summed E-state index contributed by atoms with van der Waals surface area (Å²) in [6, 6.07) is 4.45. The summed E-state index contributed by atoms with van der Waals surface area (Å²) in [5.74, 6) is -0.517. The highest BCUT2D eigenvalue weighted by atomic mass is 19.1. The van der Waals surface area contributed by atoms with Gasteiger partial charge in [0.15, 0.2) is 0 Å². The molecule has 17 heavy (non-hydrogen) atoms. The first-order chi connectivity index (χ1) is 8.11. The SMILES string of the molecule is CCc1occc1C(N)c1cc(F)cc(F)c1. The van der Waals surface area contributed by atoms with Gasteiger partial charge in [-0.05, 0) is 23.8 Å². The number of furan rings is 1. The fourth-order valence-corrected chi connectivity index (χ4v) is 1.85. The minimum atomic E-state index is -0.628. The van der Waals surface area contributed by atoms with Crippen LogP contribution in [0.2, 0.25) is 0 Å². The molecule has 90 valence electrons. The maximum Gasteiger partial charge on any atom is 0.126 e. The first kappa shape index (κ1) is 11.8. The maximum atomic E-state index is 13.1. The topological polar surface area (TPSA) is 39.2 Å². The lowest BCUT2D eigenvalue weighted by atomic mass is 9.99. The van der Waals surface area contributed by atoms with E-state index in [0.29, 0.717) is 12.0 Å². The summed E-state index contributed by atoms with van der Waals surface area (Å²) in [4.78, 5) is 0. The minimum Gasteiger partial charge on any atom is -0.469 e. The number of hydrogen-bond donors (Lipinski definition) is 1. The molecule has 0 amide bonds. The Balaban J connectivity index is 2.39. The van der Waals surface area contributed by atoms with Gasteiger partial charge in [0.2, 0.25) is 0 Å². The van der Waals surface area contributed by atoms with Crippen LogP contribution in [0.1, 0.15) is 29.9 Å². The van der Waals surface area contributed by atoms with Crippen LogP contribution in [0.4, 0.5) is 8.78 Å². The second-order valence-electron chi connectivity index (χ2n) is 3.83. The van der Waals surface area contributed by atoms with Gasteiger partial charge in [-0.15, -0.1) is 0 Å². The zero-order valence-electron chi connectivity index (χ0n) is 9.41. The van der Waals surface area contributed by atoms with Gasteiger partial charge >= 0.3 is 0 Å². The van der Waals surface area contributed by atoms with Gasteiger partial charge in [-0.25, -0.2) is 8.78 Å². The number of rotatable bonds is 3. The molecule has 1 heterocycles. The standard InChI is InChI=1S/C13H13F2NO/c1-2-12-11(3-4-17-12)13(16)8-5-9(14)7-10(15)6-8/h3-7,13H,2,16H2,1H3. The third kappa shape index (κ3) is 2.36. The molecule has 2 rings (SSSR count). The minimum absolute atomic E-state index is 0.401. The highest BCUT2D eigenvalue weighted by Crippen LogP contribution is 2.25. The normalized spacial score (nSPS) is 12.7. The fraction of sp³-hybridized carbons (Fsp3) is 0.231. The van der Waals surface area contributed by atoms with Gasteiger partial charge in [-0.2, -0.15) is 0 Å². The number of hydrogen-bond acceptors (Lipinski definition) is 2. The molecule has 0 saturated carbocycles. The molecule has 1 unspecified atom stereocenters. The van der Waals surface area contributed by atoms with Crippen molar-refractivity contribution in [1.29, 1.82) is 0 Å². The summed E-state index contributed by atoms with van der Waals surface area (Å²) in [7, 11) is 0. The van der Waals surface area contributed by atoms with E-state index in [4.69, 9.17) is 10.2 Å². The summed E-state index contributed by atoms with van der Waals surface area (Å²) in [6.45, 7) is 1.93. The van der Waals surface area contributed by atoms with Gasteiger partial charge in [0, 0.05) is 18.1 Å². The second kappa shape index (κ2) is 4.67. The van der Waals surface area contributed by atoms with Gasteiger partial charge in [-0.3, -0.25) is 0 Å². The van der Waals surface area contributed by atoms with Crippen LogP contribution in [0.15, 0.2) is 34.9 Å². The Morgan fingerprint density at radius 3 is 2.47 bits per heavy atom. The molecule has 0 radical (unpaired) electrons. The third-order valence-electron chi connectivity index (χ3n) is 2.68. The highest BCUT2D eigenvalue weighted by Gasteiger charge is 2.16. The molecular formula is C13H13F2NO. The number of aryl methyl sites for hydroxylation is 1. The van der Waals surface area contributed by atoms with Gasteiger partial charge in [0.1, 0.15) is 17.4 Å². The van der Waals surface area contributed by atoms with E-state index in [1.807, 2.05) is 6.92 Å². The molecule has 2 aromatic rings. The molecule has 0 bridgehead atoms. The molecule has 1 aromatic carbocycles. The Morgan fingerprint density at radius 1 is 1.24 bits per heavy atom. The lowest BCUT2D eigenvalue weighted by Crippen LogP contribution is -2.13. The Morgan fingerprint density at radius 2 is 1.88 bits per heavy atom. The van der Waals surface area contributed by atoms with Crippen molar-refractivity contribution < 1.29 is 13.2 Å². The Hall–Kier alpha value is -1.68. The average molecular weight is 237 g/mol. The van der Waals surface area contributed by atoms with Crippen molar-refractivity contribution >= 4 is 0 Å². The predicted octanol–water partition coefficient (Wildman–Crippen LogP) is 3.17. The molecule has 0 fully saturated rings. The smallest absolute Gasteiger partial charge is 0.126 e. The predicted molar refractivity (Wildman–Crippen MR) is 60.5 cm³/mol. The summed E-state index contributed by atoms with van der Waals surface area (Å²) in [6.07, 6.45) is 2.22. The van der Waals surface area contributed by atoms with E-state index in [2.05, 4.69) is 0 Å². The van der Waals surface area contributed by atoms with Crippen molar-refractivity contribution in [3.63, 3.8) is 0 Å². The van der Waals surface area contributed by atoms with Crippen molar-refractivity contribution in [2.45, 2.75) is 19.4 Å². The van der Waals surface area contributed by atoms with Crippen LogP contribution in [0.3, 0.4) is 0 Å². The van der Waals surface area contributed by atoms with Crippen LogP contribution in [-0.2, 0) is 6.42 Å². The van der Waals surface area contributed by atoms with E-state index < -0.39 is 17.7 Å². The fourth-order valence-electron chi connectivity index (χ4n) is 1.85. The highest BCUT2D eigenvalue weighted by molar-refractivity contribution is 5.33. The molecule has 0 aliphatic heterocycles. The summed E-state index contributed by atoms with van der Waals surface area (Å²) in [5.41, 5.74) is 7.14. The zero-order valence-corrected chi connectivity index (χ0v) is 9.41. The number of nitrogens with two attached hydrogens (primary N) is 1. The summed E-state index contributed by atoms with van der Waals surface area (Å²) in [5, 5.41) is 0. The van der Waals surface area contributed by atoms with Crippen LogP contribution in [0.25, 0.3) is 0 Å². The van der Waals surface area contributed by atoms with Crippen molar-refractivity contribution in [2.24, 2.45) is 5.73 Å². The lowest BCUT2D eigenvalue weighted by Gasteiger charge is -2.12. The Bertz CT molecular complexity index is 502. The third-order valence-corrected chi connectivity index (χ3v) is 2.68. The molecule has 0 spiro atoms. The van der Waals surface area contributed by atoms with E-state index in [1.54, 1.807) is 6.07 Å². The van der Waals surface area contributed by atoms with Crippen LogP contribution in [-0.4, -0.2) is 0 Å².